The molecule has 6 N–H and O–H groups in total. The molecule has 0 bridgehead atoms. The van der Waals surface area contributed by atoms with Crippen molar-refractivity contribution in [2.45, 2.75) is 256 Å². The molecule has 406 valence electrons. The van der Waals surface area contributed by atoms with Gasteiger partial charge in [0, 0.05) is 6.42 Å². The van der Waals surface area contributed by atoms with Crippen LogP contribution in [0.25, 0.3) is 0 Å². The fraction of sp³-hybridized carbons (Fsp3) is 0.700. The van der Waals surface area contributed by atoms with Crippen LogP contribution < -0.4 is 5.32 Å². The number of hydrogen-bond donors (Lipinski definition) is 6. The van der Waals surface area contributed by atoms with Gasteiger partial charge in [-0.25, -0.2) is 0 Å². The van der Waals surface area contributed by atoms with Gasteiger partial charge in [-0.1, -0.05) is 214 Å². The summed E-state index contributed by atoms with van der Waals surface area (Å²) < 4.78 is 17.5. The highest BCUT2D eigenvalue weighted by Crippen LogP contribution is 2.26. The maximum absolute atomic E-state index is 13.3. The van der Waals surface area contributed by atoms with Crippen molar-refractivity contribution in [2.75, 3.05) is 13.2 Å². The number of amides is 1. The number of esters is 1. The van der Waals surface area contributed by atoms with Gasteiger partial charge in [0.05, 0.1) is 25.4 Å². The fourth-order valence-electron chi connectivity index (χ4n) is 8.08. The van der Waals surface area contributed by atoms with Gasteiger partial charge in [-0.2, -0.15) is 0 Å². The summed E-state index contributed by atoms with van der Waals surface area (Å²) in [6.07, 6.45) is 51.6. The second-order valence-electron chi connectivity index (χ2n) is 19.0. The van der Waals surface area contributed by atoms with Gasteiger partial charge >= 0.3 is 5.97 Å². The Morgan fingerprint density at radius 1 is 0.577 bits per heavy atom. The minimum Gasteiger partial charge on any atom is -0.454 e. The number of nitrogens with one attached hydrogen (secondary N) is 1. The van der Waals surface area contributed by atoms with Crippen molar-refractivity contribution in [1.82, 2.24) is 5.32 Å². The molecule has 1 aliphatic rings. The third-order valence-electron chi connectivity index (χ3n) is 12.6. The zero-order chi connectivity index (χ0) is 51.8. The van der Waals surface area contributed by atoms with Crippen LogP contribution in [0.2, 0.25) is 0 Å². The summed E-state index contributed by atoms with van der Waals surface area (Å²) in [5.41, 5.74) is 0. The summed E-state index contributed by atoms with van der Waals surface area (Å²) in [5, 5.41) is 56.7. The van der Waals surface area contributed by atoms with E-state index in [1.807, 2.05) is 42.5 Å². The molecule has 0 aromatic heterocycles. The van der Waals surface area contributed by atoms with Gasteiger partial charge in [0.1, 0.15) is 24.4 Å². The Morgan fingerprint density at radius 3 is 1.68 bits per heavy atom. The Morgan fingerprint density at radius 2 is 1.07 bits per heavy atom. The lowest BCUT2D eigenvalue weighted by Gasteiger charge is -2.41. The SMILES string of the molecule is CC/C=C/C=C/C=C/C=C\CCCCCCC(O)C(=O)NC(COC1OC(CO)C(O)C(O)C1OC(=O)CCCCCC/C=C\C/C=C\C/C=C\CCCCC)C(O)/C=C/CCCCCCCCCCC. The van der Waals surface area contributed by atoms with Gasteiger partial charge in [0.25, 0.3) is 0 Å². The van der Waals surface area contributed by atoms with Gasteiger partial charge in [0.2, 0.25) is 5.91 Å². The number of carbonyl (C=O) groups is 2. The van der Waals surface area contributed by atoms with E-state index in [0.717, 1.165) is 103 Å². The first-order valence-electron chi connectivity index (χ1n) is 28.1. The predicted molar refractivity (Wildman–Crippen MR) is 292 cm³/mol. The van der Waals surface area contributed by atoms with E-state index in [1.54, 1.807) is 6.08 Å². The van der Waals surface area contributed by atoms with Crippen LogP contribution in [0, 0.1) is 0 Å². The smallest absolute Gasteiger partial charge is 0.306 e. The summed E-state index contributed by atoms with van der Waals surface area (Å²) in [6.45, 7) is 5.55. The minimum atomic E-state index is -1.63. The molecular formula is C60H101NO10. The number of hydrogen-bond acceptors (Lipinski definition) is 10. The van der Waals surface area contributed by atoms with Crippen molar-refractivity contribution in [3.63, 3.8) is 0 Å². The third kappa shape index (κ3) is 36.2. The van der Waals surface area contributed by atoms with E-state index in [0.29, 0.717) is 12.8 Å². The van der Waals surface area contributed by atoms with Crippen LogP contribution in [-0.2, 0) is 23.8 Å². The van der Waals surface area contributed by atoms with Crippen molar-refractivity contribution >= 4 is 11.9 Å². The molecule has 1 aliphatic heterocycles. The van der Waals surface area contributed by atoms with Crippen molar-refractivity contribution in [3.8, 4) is 0 Å². The van der Waals surface area contributed by atoms with E-state index < -0.39 is 67.4 Å². The zero-order valence-corrected chi connectivity index (χ0v) is 44.6. The average Bonchev–Trinajstić information content (AvgIpc) is 3.37. The molecule has 8 atom stereocenters. The lowest BCUT2D eigenvalue weighted by atomic mass is 9.99. The summed E-state index contributed by atoms with van der Waals surface area (Å²) in [4.78, 5) is 26.4. The number of aliphatic hydroxyl groups excluding tert-OH is 5. The maximum Gasteiger partial charge on any atom is 0.306 e. The number of unbranched alkanes of at least 4 members (excludes halogenated alkanes) is 20. The minimum absolute atomic E-state index is 0.0897. The van der Waals surface area contributed by atoms with E-state index >= 15 is 0 Å². The fourth-order valence-corrected chi connectivity index (χ4v) is 8.08. The van der Waals surface area contributed by atoms with Crippen LogP contribution in [0.1, 0.15) is 207 Å². The number of allylic oxidation sites excluding steroid dienone is 15. The summed E-state index contributed by atoms with van der Waals surface area (Å²) >= 11 is 0. The molecule has 1 heterocycles. The highest BCUT2D eigenvalue weighted by molar-refractivity contribution is 5.80. The van der Waals surface area contributed by atoms with Crippen LogP contribution in [-0.4, -0.2) is 99.6 Å². The van der Waals surface area contributed by atoms with Gasteiger partial charge in [-0.15, -0.1) is 0 Å². The van der Waals surface area contributed by atoms with Crippen molar-refractivity contribution < 1.29 is 49.3 Å². The van der Waals surface area contributed by atoms with Crippen molar-refractivity contribution in [1.29, 1.82) is 0 Å². The highest BCUT2D eigenvalue weighted by atomic mass is 16.7. The highest BCUT2D eigenvalue weighted by Gasteiger charge is 2.47. The molecule has 0 radical (unpaired) electrons. The van der Waals surface area contributed by atoms with E-state index in [2.05, 4.69) is 74.7 Å². The molecule has 71 heavy (non-hydrogen) atoms. The standard InChI is InChI=1S/C60H101NO10/c1-4-7-10-13-16-19-22-24-26-27-28-30-33-36-39-42-45-48-55(65)71-58-57(67)56(66)54(49-62)70-60(58)69-50-51(52(63)46-43-40-37-34-31-21-18-15-12-9-6-3)61-59(68)53(64)47-44-41-38-35-32-29-25-23-20-17-14-11-8-5-2/h8,11,14,16-17,19-20,23-26,28-30,43,46,51-54,56-58,60,62-64,66-67H,4-7,9-10,12-13,15,18,21-22,27,31-42,44-45,47-50H2,1-3H3,(H,61,68)/b11-8+,17-14+,19-16-,23-20+,26-24-,29-25-,30-28-,46-43+. The monoisotopic (exact) mass is 996 g/mol. The summed E-state index contributed by atoms with van der Waals surface area (Å²) in [5.74, 6) is -1.25. The lowest BCUT2D eigenvalue weighted by Crippen LogP contribution is -2.61. The molecule has 0 aromatic carbocycles. The zero-order valence-electron chi connectivity index (χ0n) is 44.6. The molecule has 0 aliphatic carbocycles. The second-order valence-corrected chi connectivity index (χ2v) is 19.0. The number of aliphatic hydroxyl groups is 5. The average molecular weight is 996 g/mol. The summed E-state index contributed by atoms with van der Waals surface area (Å²) in [6, 6.07) is -1.05. The largest absolute Gasteiger partial charge is 0.454 e. The Hall–Kier alpha value is -3.42. The molecule has 1 rings (SSSR count). The molecule has 1 amide bonds. The normalized spacial score (nSPS) is 20.4. The molecule has 1 fully saturated rings. The van der Waals surface area contributed by atoms with Crippen molar-refractivity contribution in [2.24, 2.45) is 0 Å². The number of carbonyl (C=O) groups excluding carboxylic acids is 2. The van der Waals surface area contributed by atoms with E-state index in [1.165, 1.54) is 57.8 Å². The molecule has 0 aromatic rings. The topological polar surface area (TPSA) is 175 Å². The molecule has 0 spiro atoms. The van der Waals surface area contributed by atoms with Crippen molar-refractivity contribution in [3.05, 3.63) is 97.2 Å². The van der Waals surface area contributed by atoms with Crippen LogP contribution in [0.4, 0.5) is 0 Å². The van der Waals surface area contributed by atoms with Gasteiger partial charge < -0.3 is 45.1 Å². The van der Waals surface area contributed by atoms with E-state index in [-0.39, 0.29) is 19.4 Å². The first-order valence-corrected chi connectivity index (χ1v) is 28.1. The molecule has 11 heteroatoms. The molecular weight excluding hydrogens is 895 g/mol. The first kappa shape index (κ1) is 65.6. The molecule has 8 unspecified atom stereocenters. The van der Waals surface area contributed by atoms with E-state index in [4.69, 9.17) is 14.2 Å². The van der Waals surface area contributed by atoms with Gasteiger partial charge in [-0.05, 0) is 83.5 Å². The molecule has 0 saturated carbocycles. The number of ether oxygens (including phenoxy) is 3. The third-order valence-corrected chi connectivity index (χ3v) is 12.6. The van der Waals surface area contributed by atoms with E-state index in [9.17, 15) is 35.1 Å². The first-order chi connectivity index (χ1) is 34.7. The Bertz CT molecular complexity index is 1520. The lowest BCUT2D eigenvalue weighted by molar-refractivity contribution is -0.305. The summed E-state index contributed by atoms with van der Waals surface area (Å²) in [7, 11) is 0. The van der Waals surface area contributed by atoms with Gasteiger partial charge in [-0.3, -0.25) is 9.59 Å². The number of rotatable bonds is 45. The Kier molecular flexibility index (Phi) is 44.0. The quantitative estimate of drug-likeness (QED) is 0.0149. The molecule has 1 saturated heterocycles. The van der Waals surface area contributed by atoms with Gasteiger partial charge in [0.15, 0.2) is 12.4 Å². The van der Waals surface area contributed by atoms with Crippen LogP contribution >= 0.6 is 0 Å². The maximum atomic E-state index is 13.3. The van der Waals surface area contributed by atoms with Crippen LogP contribution in [0.5, 0.6) is 0 Å². The second kappa shape index (κ2) is 47.6. The Labute approximate surface area is 431 Å². The van der Waals surface area contributed by atoms with Crippen LogP contribution in [0.3, 0.4) is 0 Å². The Balaban J connectivity index is 2.77. The predicted octanol–water partition coefficient (Wildman–Crippen LogP) is 12.4. The molecule has 11 nitrogen and oxygen atoms in total. The van der Waals surface area contributed by atoms with Crippen LogP contribution in [0.15, 0.2) is 97.2 Å².